The number of amides is 1. The van der Waals surface area contributed by atoms with Gasteiger partial charge in [-0.1, -0.05) is 25.0 Å². The van der Waals surface area contributed by atoms with Crippen LogP contribution in [0.1, 0.15) is 56.9 Å². The van der Waals surface area contributed by atoms with E-state index >= 15 is 0 Å². The number of carbonyl (C=O) groups excluding carboxylic acids is 1. The van der Waals surface area contributed by atoms with Crippen LogP contribution in [0.2, 0.25) is 0 Å². The van der Waals surface area contributed by atoms with Crippen molar-refractivity contribution >= 4 is 5.91 Å². The Hall–Kier alpha value is -1.59. The van der Waals surface area contributed by atoms with Gasteiger partial charge in [-0.2, -0.15) is 0 Å². The van der Waals surface area contributed by atoms with Gasteiger partial charge in [-0.25, -0.2) is 0 Å². The van der Waals surface area contributed by atoms with E-state index in [9.17, 15) is 4.79 Å². The monoisotopic (exact) mass is 414 g/mol. The zero-order valence-electron chi connectivity index (χ0n) is 18.6. The first-order valence-corrected chi connectivity index (χ1v) is 12.0. The van der Waals surface area contributed by atoms with Gasteiger partial charge in [0.25, 0.3) is 0 Å². The predicted octanol–water partition coefficient (Wildman–Crippen LogP) is 3.90. The van der Waals surface area contributed by atoms with Gasteiger partial charge in [0.15, 0.2) is 0 Å². The van der Waals surface area contributed by atoms with Gasteiger partial charge in [0.2, 0.25) is 5.91 Å². The molecule has 5 nitrogen and oxygen atoms in total. The Labute approximate surface area is 181 Å². The summed E-state index contributed by atoms with van der Waals surface area (Å²) in [5.41, 5.74) is 1.02. The van der Waals surface area contributed by atoms with Gasteiger partial charge in [0.05, 0.1) is 19.6 Å². The van der Waals surface area contributed by atoms with E-state index < -0.39 is 0 Å². The Bertz CT molecular complexity index is 675. The van der Waals surface area contributed by atoms with Gasteiger partial charge >= 0.3 is 0 Å². The van der Waals surface area contributed by atoms with Crippen molar-refractivity contribution in [3.63, 3.8) is 0 Å². The minimum Gasteiger partial charge on any atom is -0.497 e. The smallest absolute Gasteiger partial charge is 0.227 e. The third kappa shape index (κ3) is 5.76. The summed E-state index contributed by atoms with van der Waals surface area (Å²) in [6, 6.07) is 8.71. The third-order valence-corrected chi connectivity index (χ3v) is 7.26. The van der Waals surface area contributed by atoms with E-state index in [0.717, 1.165) is 49.9 Å². The van der Waals surface area contributed by atoms with Crippen molar-refractivity contribution < 1.29 is 14.3 Å². The van der Waals surface area contributed by atoms with Crippen molar-refractivity contribution in [2.45, 2.75) is 69.9 Å². The molecule has 2 heterocycles. The van der Waals surface area contributed by atoms with Gasteiger partial charge in [-0.05, 0) is 75.2 Å². The van der Waals surface area contributed by atoms with Crippen LogP contribution in [-0.4, -0.2) is 67.7 Å². The lowest BCUT2D eigenvalue weighted by Gasteiger charge is -2.38. The number of methoxy groups -OCH3 is 1. The van der Waals surface area contributed by atoms with Crippen LogP contribution < -0.4 is 4.74 Å². The zero-order chi connectivity index (χ0) is 20.8. The molecule has 0 aromatic heterocycles. The minimum atomic E-state index is 0.206. The Balaban J connectivity index is 1.35. The molecule has 1 atom stereocenters. The van der Waals surface area contributed by atoms with Gasteiger partial charge in [0.1, 0.15) is 5.75 Å². The topological polar surface area (TPSA) is 42.0 Å². The SMILES string of the molecule is COc1cccc(CC(=O)N(CC2CCN(C3CCCC3)CC2)C[C@@H]2CCCO2)c1. The molecule has 166 valence electrons. The summed E-state index contributed by atoms with van der Waals surface area (Å²) in [5, 5.41) is 0. The highest BCUT2D eigenvalue weighted by atomic mass is 16.5. The maximum Gasteiger partial charge on any atom is 0.227 e. The summed E-state index contributed by atoms with van der Waals surface area (Å²) >= 11 is 0. The molecule has 30 heavy (non-hydrogen) atoms. The van der Waals surface area contributed by atoms with E-state index in [4.69, 9.17) is 9.47 Å². The van der Waals surface area contributed by atoms with Crippen LogP contribution in [0, 0.1) is 5.92 Å². The lowest BCUT2D eigenvalue weighted by molar-refractivity contribution is -0.133. The summed E-state index contributed by atoms with van der Waals surface area (Å²) in [7, 11) is 1.67. The van der Waals surface area contributed by atoms with Gasteiger partial charge in [0, 0.05) is 25.7 Å². The molecule has 1 aromatic rings. The number of ether oxygens (including phenoxy) is 2. The molecule has 4 rings (SSSR count). The fourth-order valence-corrected chi connectivity index (χ4v) is 5.46. The Kier molecular flexibility index (Phi) is 7.67. The highest BCUT2D eigenvalue weighted by Crippen LogP contribution is 2.28. The van der Waals surface area contributed by atoms with Crippen LogP contribution in [0.15, 0.2) is 24.3 Å². The molecule has 1 saturated carbocycles. The first-order chi connectivity index (χ1) is 14.7. The van der Waals surface area contributed by atoms with Crippen molar-refractivity contribution in [2.75, 3.05) is 39.9 Å². The standard InChI is InChI=1S/C25H38N2O3/c1-29-23-9-4-6-21(16-23)17-25(28)27(19-24-10-5-15-30-24)18-20-11-13-26(14-12-20)22-7-2-3-8-22/h4,6,9,16,20,22,24H,2-3,5,7-8,10-15,17-19H2,1H3/t24-/m0/s1. The van der Waals surface area contributed by atoms with Crippen LogP contribution in [0.5, 0.6) is 5.75 Å². The maximum absolute atomic E-state index is 13.3. The average Bonchev–Trinajstić information content (AvgIpc) is 3.48. The van der Waals surface area contributed by atoms with Crippen LogP contribution >= 0.6 is 0 Å². The molecule has 1 aliphatic carbocycles. The number of hydrogen-bond donors (Lipinski definition) is 0. The second-order valence-corrected chi connectivity index (χ2v) is 9.38. The molecule has 0 unspecified atom stereocenters. The van der Waals surface area contributed by atoms with Gasteiger partial charge in [-0.3, -0.25) is 4.79 Å². The Morgan fingerprint density at radius 2 is 1.90 bits per heavy atom. The van der Waals surface area contributed by atoms with E-state index in [1.54, 1.807) is 7.11 Å². The molecule has 2 aliphatic heterocycles. The molecule has 1 amide bonds. The normalized spacial score (nSPS) is 23.7. The number of piperidine rings is 1. The number of carbonyl (C=O) groups is 1. The van der Waals surface area contributed by atoms with E-state index in [1.807, 2.05) is 24.3 Å². The fourth-order valence-electron chi connectivity index (χ4n) is 5.46. The average molecular weight is 415 g/mol. The van der Waals surface area contributed by atoms with Crippen LogP contribution in [-0.2, 0) is 16.0 Å². The van der Waals surface area contributed by atoms with Crippen molar-refractivity contribution in [1.29, 1.82) is 0 Å². The van der Waals surface area contributed by atoms with Crippen molar-refractivity contribution in [1.82, 2.24) is 9.80 Å². The number of likely N-dealkylation sites (tertiary alicyclic amines) is 1. The highest BCUT2D eigenvalue weighted by molar-refractivity contribution is 5.79. The number of rotatable bonds is 8. The second kappa shape index (κ2) is 10.6. The number of hydrogen-bond acceptors (Lipinski definition) is 4. The largest absolute Gasteiger partial charge is 0.497 e. The summed E-state index contributed by atoms with van der Waals surface area (Å²) in [6.45, 7) is 4.86. The van der Waals surface area contributed by atoms with E-state index in [0.29, 0.717) is 12.3 Å². The minimum absolute atomic E-state index is 0.206. The summed E-state index contributed by atoms with van der Waals surface area (Å²) in [5.74, 6) is 1.64. The third-order valence-electron chi connectivity index (χ3n) is 7.26. The van der Waals surface area contributed by atoms with E-state index in [-0.39, 0.29) is 12.0 Å². The second-order valence-electron chi connectivity index (χ2n) is 9.38. The quantitative estimate of drug-likeness (QED) is 0.647. The van der Waals surface area contributed by atoms with E-state index in [1.165, 1.54) is 51.6 Å². The molecule has 0 radical (unpaired) electrons. The van der Waals surface area contributed by atoms with Crippen molar-refractivity contribution in [3.8, 4) is 5.75 Å². The van der Waals surface area contributed by atoms with Crippen molar-refractivity contribution in [3.05, 3.63) is 29.8 Å². The fraction of sp³-hybridized carbons (Fsp3) is 0.720. The summed E-state index contributed by atoms with van der Waals surface area (Å²) in [4.78, 5) is 18.1. The van der Waals surface area contributed by atoms with Crippen LogP contribution in [0.3, 0.4) is 0 Å². The Morgan fingerprint density at radius 3 is 2.60 bits per heavy atom. The predicted molar refractivity (Wildman–Crippen MR) is 119 cm³/mol. The molecule has 3 aliphatic rings. The lowest BCUT2D eigenvalue weighted by Crippen LogP contribution is -2.45. The molecule has 0 bridgehead atoms. The molecular weight excluding hydrogens is 376 g/mol. The molecule has 5 heteroatoms. The van der Waals surface area contributed by atoms with E-state index in [2.05, 4.69) is 9.80 Å². The number of nitrogens with zero attached hydrogens (tertiary/aromatic N) is 2. The molecule has 0 N–H and O–H groups in total. The molecule has 2 saturated heterocycles. The van der Waals surface area contributed by atoms with Gasteiger partial charge < -0.3 is 19.3 Å². The van der Waals surface area contributed by atoms with Crippen molar-refractivity contribution in [2.24, 2.45) is 5.92 Å². The van der Waals surface area contributed by atoms with Crippen LogP contribution in [0.25, 0.3) is 0 Å². The highest BCUT2D eigenvalue weighted by Gasteiger charge is 2.30. The molecule has 3 fully saturated rings. The molecule has 0 spiro atoms. The molecule has 1 aromatic carbocycles. The lowest BCUT2D eigenvalue weighted by atomic mass is 9.94. The maximum atomic E-state index is 13.3. The van der Waals surface area contributed by atoms with Crippen LogP contribution in [0.4, 0.5) is 0 Å². The summed E-state index contributed by atoms with van der Waals surface area (Å²) < 4.78 is 11.2. The number of benzene rings is 1. The first kappa shape index (κ1) is 21.6. The zero-order valence-corrected chi connectivity index (χ0v) is 18.6. The Morgan fingerprint density at radius 1 is 1.10 bits per heavy atom. The van der Waals surface area contributed by atoms with Gasteiger partial charge in [-0.15, -0.1) is 0 Å². The molecular formula is C25H38N2O3. The summed E-state index contributed by atoms with van der Waals surface area (Å²) in [6.07, 6.45) is 10.8. The first-order valence-electron chi connectivity index (χ1n) is 12.0.